The van der Waals surface area contributed by atoms with Gasteiger partial charge in [-0.25, -0.2) is 9.48 Å². The summed E-state index contributed by atoms with van der Waals surface area (Å²) in [6.45, 7) is 0.547. The Morgan fingerprint density at radius 2 is 2.15 bits per heavy atom. The third kappa shape index (κ3) is 4.19. The second kappa shape index (κ2) is 7.91. The monoisotopic (exact) mass is 393 g/mol. The van der Waals surface area contributed by atoms with E-state index in [0.717, 1.165) is 31.5 Å². The number of nitro groups is 1. The molecule has 1 aliphatic heterocycles. The first-order valence-electron chi connectivity index (χ1n) is 8.70. The summed E-state index contributed by atoms with van der Waals surface area (Å²) in [7, 11) is 1.56. The average molecular weight is 394 g/mol. The van der Waals surface area contributed by atoms with Gasteiger partial charge in [0, 0.05) is 43.7 Å². The molecule has 0 unspecified atom stereocenters. The maximum absolute atomic E-state index is 12.5. The van der Waals surface area contributed by atoms with Crippen molar-refractivity contribution in [1.82, 2.24) is 19.2 Å². The molecule has 10 heteroatoms. The lowest BCUT2D eigenvalue weighted by Gasteiger charge is -2.17. The number of non-ortho nitro benzene ring substituents is 1. The molecule has 0 spiro atoms. The molecule has 1 aromatic carbocycles. The van der Waals surface area contributed by atoms with Gasteiger partial charge in [0.15, 0.2) is 0 Å². The predicted octanol–water partition coefficient (Wildman–Crippen LogP) is 1.99. The summed E-state index contributed by atoms with van der Waals surface area (Å²) in [5.74, 6) is 0.391. The molecule has 2 heterocycles. The Labute approximate surface area is 160 Å². The Morgan fingerprint density at radius 3 is 2.89 bits per heavy atom. The van der Waals surface area contributed by atoms with E-state index in [1.165, 1.54) is 27.8 Å². The van der Waals surface area contributed by atoms with Gasteiger partial charge in [0.1, 0.15) is 12.4 Å². The molecule has 0 bridgehead atoms. The molecule has 0 atom stereocenters. The number of likely N-dealkylation sites (N-methyl/N-ethyl adjacent to an activating group) is 1. The van der Waals surface area contributed by atoms with Crippen molar-refractivity contribution in [3.05, 3.63) is 55.2 Å². The molecule has 0 saturated carbocycles. The van der Waals surface area contributed by atoms with Gasteiger partial charge in [-0.05, 0) is 24.5 Å². The van der Waals surface area contributed by atoms with Crippen molar-refractivity contribution in [3.8, 4) is 0 Å². The van der Waals surface area contributed by atoms with Crippen LogP contribution in [-0.4, -0.2) is 37.1 Å². The topological polar surface area (TPSA) is 103 Å². The van der Waals surface area contributed by atoms with Crippen LogP contribution in [-0.2, 0) is 30.8 Å². The van der Waals surface area contributed by atoms with Crippen molar-refractivity contribution in [1.29, 1.82) is 0 Å². The Hall–Kier alpha value is -2.68. The van der Waals surface area contributed by atoms with Crippen molar-refractivity contribution in [2.24, 2.45) is 0 Å². The summed E-state index contributed by atoms with van der Waals surface area (Å²) in [5, 5.41) is 15.6. The van der Waals surface area contributed by atoms with E-state index in [1.54, 1.807) is 11.6 Å². The molecule has 0 N–H and O–H groups in total. The summed E-state index contributed by atoms with van der Waals surface area (Å²) in [5.41, 5.74) is 0.0982. The number of hydrogen-bond acceptors (Lipinski definition) is 5. The number of carbonyl (C=O) groups is 1. The van der Waals surface area contributed by atoms with Crippen molar-refractivity contribution in [2.45, 2.75) is 45.3 Å². The Kier molecular flexibility index (Phi) is 5.59. The summed E-state index contributed by atoms with van der Waals surface area (Å²) in [4.78, 5) is 36.8. The molecule has 1 aliphatic rings. The van der Waals surface area contributed by atoms with Crippen molar-refractivity contribution >= 4 is 23.2 Å². The maximum atomic E-state index is 12.5. The number of fused-ring (bicyclic) bond motifs is 1. The van der Waals surface area contributed by atoms with Gasteiger partial charge in [-0.2, -0.15) is 5.10 Å². The molecule has 0 aliphatic carbocycles. The molecule has 0 fully saturated rings. The Morgan fingerprint density at radius 1 is 1.37 bits per heavy atom. The molecule has 1 amide bonds. The number of aryl methyl sites for hydroxylation is 1. The van der Waals surface area contributed by atoms with Crippen LogP contribution in [0.25, 0.3) is 0 Å². The first-order valence-corrected chi connectivity index (χ1v) is 9.08. The van der Waals surface area contributed by atoms with Crippen LogP contribution < -0.4 is 5.69 Å². The van der Waals surface area contributed by atoms with Crippen LogP contribution in [0.3, 0.4) is 0 Å². The SMILES string of the molecule is CN(Cc1cc([N+](=O)[O-])ccc1Cl)C(=O)Cn1nc2n(c1=O)CCCCC2. The number of nitro benzene ring substituents is 1. The van der Waals surface area contributed by atoms with E-state index in [4.69, 9.17) is 11.6 Å². The fourth-order valence-corrected chi connectivity index (χ4v) is 3.29. The molecule has 27 heavy (non-hydrogen) atoms. The fraction of sp³-hybridized carbons (Fsp3) is 0.471. The first kappa shape index (κ1) is 19.1. The Balaban J connectivity index is 1.73. The van der Waals surface area contributed by atoms with Crippen molar-refractivity contribution < 1.29 is 9.72 Å². The van der Waals surface area contributed by atoms with Crippen LogP contribution >= 0.6 is 11.6 Å². The third-order valence-electron chi connectivity index (χ3n) is 4.64. The lowest BCUT2D eigenvalue weighted by molar-refractivity contribution is -0.384. The highest BCUT2D eigenvalue weighted by molar-refractivity contribution is 6.31. The van der Waals surface area contributed by atoms with E-state index >= 15 is 0 Å². The molecule has 0 radical (unpaired) electrons. The van der Waals surface area contributed by atoms with Gasteiger partial charge in [-0.3, -0.25) is 19.5 Å². The smallest absolute Gasteiger partial charge is 0.340 e. The van der Waals surface area contributed by atoms with Crippen LogP contribution in [0.15, 0.2) is 23.0 Å². The fourth-order valence-electron chi connectivity index (χ4n) is 3.12. The minimum atomic E-state index is -0.514. The van der Waals surface area contributed by atoms with Gasteiger partial charge in [-0.15, -0.1) is 0 Å². The quantitative estimate of drug-likeness (QED) is 0.570. The largest absolute Gasteiger partial charge is 0.346 e. The lowest BCUT2D eigenvalue weighted by Crippen LogP contribution is -2.34. The summed E-state index contributed by atoms with van der Waals surface area (Å²) >= 11 is 6.09. The zero-order valence-electron chi connectivity index (χ0n) is 14.9. The van der Waals surface area contributed by atoms with Gasteiger partial charge in [0.25, 0.3) is 5.69 Å². The number of benzene rings is 1. The maximum Gasteiger partial charge on any atom is 0.346 e. The van der Waals surface area contributed by atoms with Crippen LogP contribution in [0, 0.1) is 10.1 Å². The van der Waals surface area contributed by atoms with Crippen LogP contribution in [0.5, 0.6) is 0 Å². The number of hydrogen-bond donors (Lipinski definition) is 0. The van der Waals surface area contributed by atoms with Gasteiger partial charge in [0.2, 0.25) is 5.91 Å². The summed E-state index contributed by atoms with van der Waals surface area (Å²) < 4.78 is 2.83. The van der Waals surface area contributed by atoms with Gasteiger partial charge >= 0.3 is 5.69 Å². The second-order valence-electron chi connectivity index (χ2n) is 6.60. The highest BCUT2D eigenvalue weighted by atomic mass is 35.5. The zero-order valence-corrected chi connectivity index (χ0v) is 15.7. The molecular formula is C17H20ClN5O4. The van der Waals surface area contributed by atoms with E-state index in [2.05, 4.69) is 5.10 Å². The van der Waals surface area contributed by atoms with Gasteiger partial charge in [0.05, 0.1) is 4.92 Å². The highest BCUT2D eigenvalue weighted by Gasteiger charge is 2.20. The number of rotatable bonds is 5. The Bertz CT molecular complexity index is 936. The van der Waals surface area contributed by atoms with Crippen LogP contribution in [0.4, 0.5) is 5.69 Å². The molecular weight excluding hydrogens is 374 g/mol. The van der Waals surface area contributed by atoms with E-state index < -0.39 is 4.92 Å². The van der Waals surface area contributed by atoms with E-state index in [1.807, 2.05) is 0 Å². The van der Waals surface area contributed by atoms with Gasteiger partial charge < -0.3 is 4.90 Å². The van der Waals surface area contributed by atoms with Crippen LogP contribution in [0.1, 0.15) is 30.7 Å². The number of amides is 1. The standard InChI is InChI=1S/C17H20ClN5O4/c1-20(10-12-9-13(23(26)27)6-7-14(12)18)16(24)11-22-17(25)21-8-4-2-3-5-15(21)19-22/h6-7,9H,2-5,8,10-11H2,1H3. The normalized spacial score (nSPS) is 13.7. The lowest BCUT2D eigenvalue weighted by atomic mass is 10.2. The minimum Gasteiger partial charge on any atom is -0.340 e. The first-order chi connectivity index (χ1) is 12.9. The second-order valence-corrected chi connectivity index (χ2v) is 7.01. The van der Waals surface area contributed by atoms with E-state index in [9.17, 15) is 19.7 Å². The third-order valence-corrected chi connectivity index (χ3v) is 5.01. The molecule has 3 rings (SSSR count). The number of aromatic nitrogens is 3. The molecule has 2 aromatic rings. The van der Waals surface area contributed by atoms with Crippen molar-refractivity contribution in [3.63, 3.8) is 0 Å². The minimum absolute atomic E-state index is 0.0932. The number of nitrogens with zero attached hydrogens (tertiary/aromatic N) is 5. The number of halogens is 1. The average Bonchev–Trinajstić information content (AvgIpc) is 2.80. The van der Waals surface area contributed by atoms with Crippen molar-refractivity contribution in [2.75, 3.05) is 7.05 Å². The number of carbonyl (C=O) groups excluding carboxylic acids is 1. The molecule has 9 nitrogen and oxygen atoms in total. The zero-order chi connectivity index (χ0) is 19.6. The summed E-state index contributed by atoms with van der Waals surface area (Å²) in [6, 6.07) is 4.09. The predicted molar refractivity (Wildman–Crippen MR) is 98.6 cm³/mol. The highest BCUT2D eigenvalue weighted by Crippen LogP contribution is 2.23. The molecule has 0 saturated heterocycles. The van der Waals surface area contributed by atoms with Gasteiger partial charge in [-0.1, -0.05) is 18.0 Å². The summed E-state index contributed by atoms with van der Waals surface area (Å²) in [6.07, 6.45) is 3.71. The van der Waals surface area contributed by atoms with E-state index in [-0.39, 0.29) is 30.4 Å². The molecule has 144 valence electrons. The van der Waals surface area contributed by atoms with Crippen LogP contribution in [0.2, 0.25) is 5.02 Å². The van der Waals surface area contributed by atoms with E-state index in [0.29, 0.717) is 17.1 Å². The molecule has 1 aromatic heterocycles.